The van der Waals surface area contributed by atoms with Gasteiger partial charge in [-0.25, -0.2) is 0 Å². The van der Waals surface area contributed by atoms with Crippen LogP contribution >= 0.6 is 23.7 Å². The number of piperidine rings is 1. The second-order valence-electron chi connectivity index (χ2n) is 6.95. The van der Waals surface area contributed by atoms with Crippen molar-refractivity contribution in [1.29, 1.82) is 0 Å². The molecular weight excluding hydrogens is 356 g/mol. The first kappa shape index (κ1) is 20.4. The van der Waals surface area contributed by atoms with E-state index >= 15 is 0 Å². The highest BCUT2D eigenvalue weighted by molar-refractivity contribution is 7.07. The number of nitrogens with one attached hydrogen (secondary N) is 1. The monoisotopic (exact) mass is 384 g/mol. The van der Waals surface area contributed by atoms with Gasteiger partial charge in [0.2, 0.25) is 5.91 Å². The van der Waals surface area contributed by atoms with Crippen LogP contribution in [0.1, 0.15) is 37.7 Å². The molecule has 1 N–H and O–H groups in total. The van der Waals surface area contributed by atoms with Gasteiger partial charge < -0.3 is 15.0 Å². The zero-order valence-electron chi connectivity index (χ0n) is 14.7. The molecule has 1 aromatic heterocycles. The molecule has 140 valence electrons. The second kappa shape index (κ2) is 9.72. The molecule has 3 rings (SSSR count). The maximum absolute atomic E-state index is 12.8. The van der Waals surface area contributed by atoms with Gasteiger partial charge in [0.25, 0.3) is 0 Å². The van der Waals surface area contributed by atoms with Gasteiger partial charge >= 0.3 is 0 Å². The lowest BCUT2D eigenvalue weighted by molar-refractivity contribution is -0.133. The Hall–Kier alpha value is -0.880. The quantitative estimate of drug-likeness (QED) is 0.522. The first-order chi connectivity index (χ1) is 11.7. The molecule has 2 fully saturated rings. The van der Waals surface area contributed by atoms with E-state index in [1.165, 1.54) is 24.8 Å². The minimum Gasteiger partial charge on any atom is -0.377 e. The molecule has 1 saturated carbocycles. The predicted octanol–water partition coefficient (Wildman–Crippen LogP) is 3.62. The first-order valence-electron chi connectivity index (χ1n) is 8.95. The molecule has 1 saturated heterocycles. The minimum atomic E-state index is 0. The van der Waals surface area contributed by atoms with Crippen molar-refractivity contribution in [3.8, 4) is 0 Å². The van der Waals surface area contributed by atoms with Crippen LogP contribution in [0.15, 0.2) is 29.5 Å². The molecule has 1 aliphatic heterocycles. The Morgan fingerprint density at radius 3 is 2.96 bits per heavy atom. The zero-order valence-corrected chi connectivity index (χ0v) is 16.4. The average Bonchev–Trinajstić information content (AvgIpc) is 3.03. The number of rotatable bonds is 9. The van der Waals surface area contributed by atoms with E-state index in [9.17, 15) is 4.79 Å². The number of carbonyl (C=O) groups is 1. The molecule has 1 spiro atoms. The third-order valence-corrected chi connectivity index (χ3v) is 6.02. The lowest BCUT2D eigenvalue weighted by atomic mass is 9.93. The van der Waals surface area contributed by atoms with Crippen LogP contribution in [-0.2, 0) is 16.1 Å². The fourth-order valence-electron chi connectivity index (χ4n) is 3.82. The van der Waals surface area contributed by atoms with Gasteiger partial charge in [0, 0.05) is 25.6 Å². The Balaban J connectivity index is 0.00000225. The Morgan fingerprint density at radius 2 is 2.28 bits per heavy atom. The van der Waals surface area contributed by atoms with Crippen molar-refractivity contribution in [1.82, 2.24) is 10.2 Å². The number of halogens is 1. The SMILES string of the molecule is C=CCOCCCC(=O)N(Cc1ccsc1)C1CC12CCNCC2.Cl. The summed E-state index contributed by atoms with van der Waals surface area (Å²) in [5.74, 6) is 0.281. The van der Waals surface area contributed by atoms with Crippen LogP contribution in [0.4, 0.5) is 0 Å². The summed E-state index contributed by atoms with van der Waals surface area (Å²) in [6.45, 7) is 7.77. The number of carbonyl (C=O) groups excluding carboxylic acids is 1. The zero-order chi connectivity index (χ0) is 16.8. The number of nitrogens with zero attached hydrogens (tertiary/aromatic N) is 1. The van der Waals surface area contributed by atoms with Crippen molar-refractivity contribution in [2.24, 2.45) is 5.41 Å². The highest BCUT2D eigenvalue weighted by Crippen LogP contribution is 2.56. The molecule has 4 nitrogen and oxygen atoms in total. The van der Waals surface area contributed by atoms with E-state index < -0.39 is 0 Å². The van der Waals surface area contributed by atoms with Gasteiger partial charge in [0.15, 0.2) is 0 Å². The van der Waals surface area contributed by atoms with Crippen LogP contribution < -0.4 is 5.32 Å². The molecular formula is C19H29ClN2O2S. The molecule has 1 unspecified atom stereocenters. The number of hydrogen-bond acceptors (Lipinski definition) is 4. The summed E-state index contributed by atoms with van der Waals surface area (Å²) in [4.78, 5) is 15.0. The normalized spacial score (nSPS) is 20.7. The van der Waals surface area contributed by atoms with Gasteiger partial charge in [0.1, 0.15) is 0 Å². The molecule has 1 amide bonds. The molecule has 1 atom stereocenters. The lowest BCUT2D eigenvalue weighted by Crippen LogP contribution is -2.39. The Labute approximate surface area is 161 Å². The molecule has 2 heterocycles. The highest BCUT2D eigenvalue weighted by Gasteiger charge is 2.57. The van der Waals surface area contributed by atoms with Crippen LogP contribution in [0.3, 0.4) is 0 Å². The summed E-state index contributed by atoms with van der Waals surface area (Å²) in [5.41, 5.74) is 1.64. The van der Waals surface area contributed by atoms with E-state index in [0.717, 1.165) is 26.1 Å². The fraction of sp³-hybridized carbons (Fsp3) is 0.632. The Bertz CT molecular complexity index is 544. The molecule has 1 aromatic rings. The minimum absolute atomic E-state index is 0. The van der Waals surface area contributed by atoms with Gasteiger partial charge in [-0.15, -0.1) is 19.0 Å². The Morgan fingerprint density at radius 1 is 1.48 bits per heavy atom. The van der Waals surface area contributed by atoms with E-state index in [1.807, 2.05) is 0 Å². The van der Waals surface area contributed by atoms with Gasteiger partial charge in [0.05, 0.1) is 6.61 Å². The van der Waals surface area contributed by atoms with Crippen molar-refractivity contribution in [2.75, 3.05) is 26.3 Å². The summed E-state index contributed by atoms with van der Waals surface area (Å²) in [6, 6.07) is 2.57. The molecule has 2 aliphatic rings. The second-order valence-corrected chi connectivity index (χ2v) is 7.73. The van der Waals surface area contributed by atoms with Crippen molar-refractivity contribution in [3.63, 3.8) is 0 Å². The van der Waals surface area contributed by atoms with Gasteiger partial charge in [-0.2, -0.15) is 11.3 Å². The molecule has 0 aromatic carbocycles. The topological polar surface area (TPSA) is 41.6 Å². The van der Waals surface area contributed by atoms with Crippen LogP contribution in [0.5, 0.6) is 0 Å². The Kier molecular flexibility index (Phi) is 7.94. The maximum Gasteiger partial charge on any atom is 0.223 e. The smallest absolute Gasteiger partial charge is 0.223 e. The largest absolute Gasteiger partial charge is 0.377 e. The van der Waals surface area contributed by atoms with Crippen LogP contribution in [0.2, 0.25) is 0 Å². The fourth-order valence-corrected chi connectivity index (χ4v) is 4.48. The van der Waals surface area contributed by atoms with Gasteiger partial charge in [-0.3, -0.25) is 4.79 Å². The maximum atomic E-state index is 12.8. The molecule has 0 radical (unpaired) electrons. The van der Waals surface area contributed by atoms with Crippen molar-refractivity contribution in [3.05, 3.63) is 35.0 Å². The summed E-state index contributed by atoms with van der Waals surface area (Å²) < 4.78 is 5.41. The van der Waals surface area contributed by atoms with Crippen LogP contribution in [0, 0.1) is 5.41 Å². The number of thiophene rings is 1. The number of hydrogen-bond donors (Lipinski definition) is 1. The van der Waals surface area contributed by atoms with Gasteiger partial charge in [-0.05, 0) is 66.6 Å². The highest BCUT2D eigenvalue weighted by atomic mass is 35.5. The van der Waals surface area contributed by atoms with E-state index in [-0.39, 0.29) is 18.3 Å². The van der Waals surface area contributed by atoms with E-state index in [2.05, 4.69) is 33.6 Å². The molecule has 25 heavy (non-hydrogen) atoms. The molecule has 0 bridgehead atoms. The molecule has 6 heteroatoms. The van der Waals surface area contributed by atoms with Crippen molar-refractivity contribution in [2.45, 2.75) is 44.7 Å². The first-order valence-corrected chi connectivity index (χ1v) is 9.89. The van der Waals surface area contributed by atoms with E-state index in [0.29, 0.717) is 31.1 Å². The van der Waals surface area contributed by atoms with Gasteiger partial charge in [-0.1, -0.05) is 6.08 Å². The lowest BCUT2D eigenvalue weighted by Gasteiger charge is -2.29. The average molecular weight is 385 g/mol. The van der Waals surface area contributed by atoms with E-state index in [1.54, 1.807) is 17.4 Å². The van der Waals surface area contributed by atoms with E-state index in [4.69, 9.17) is 4.74 Å². The van der Waals surface area contributed by atoms with Crippen LogP contribution in [0.25, 0.3) is 0 Å². The summed E-state index contributed by atoms with van der Waals surface area (Å²) in [7, 11) is 0. The van der Waals surface area contributed by atoms with Crippen molar-refractivity contribution >= 4 is 29.7 Å². The number of ether oxygens (including phenoxy) is 1. The number of amides is 1. The van der Waals surface area contributed by atoms with Crippen molar-refractivity contribution < 1.29 is 9.53 Å². The summed E-state index contributed by atoms with van der Waals surface area (Å²) in [5, 5.41) is 7.69. The van der Waals surface area contributed by atoms with Crippen LogP contribution in [-0.4, -0.2) is 43.2 Å². The summed E-state index contributed by atoms with van der Waals surface area (Å²) in [6.07, 6.45) is 6.69. The third-order valence-electron chi connectivity index (χ3n) is 5.29. The molecule has 1 aliphatic carbocycles. The predicted molar refractivity (Wildman–Crippen MR) is 105 cm³/mol. The summed E-state index contributed by atoms with van der Waals surface area (Å²) >= 11 is 1.70. The standard InChI is InChI=1S/C19H28N2O2S.ClH/c1-2-10-23-11-3-4-18(22)21(14-16-5-12-24-15-16)17-13-19(17)6-8-20-9-7-19;/h2,5,12,15,17,20H,1,3-4,6-11,13-14H2;1H. The third kappa shape index (κ3) is 5.30.